The van der Waals surface area contributed by atoms with Crippen LogP contribution in [0.2, 0.25) is 10.0 Å². The monoisotopic (exact) mass is 524 g/mol. The number of hydrogen-bond acceptors (Lipinski definition) is 3. The van der Waals surface area contributed by atoms with Gasteiger partial charge in [-0.3, -0.25) is 9.48 Å². The van der Waals surface area contributed by atoms with Crippen molar-refractivity contribution in [1.29, 1.82) is 0 Å². The van der Waals surface area contributed by atoms with Crippen molar-refractivity contribution < 1.29 is 9.00 Å². The molecule has 2 aliphatic rings. The summed E-state index contributed by atoms with van der Waals surface area (Å²) in [6, 6.07) is 5.61. The van der Waals surface area contributed by atoms with Crippen LogP contribution in [-0.2, 0) is 17.5 Å². The van der Waals surface area contributed by atoms with Crippen molar-refractivity contribution in [3.05, 3.63) is 33.9 Å². The number of rotatable bonds is 7. The molecule has 2 aromatic rings. The van der Waals surface area contributed by atoms with Gasteiger partial charge >= 0.3 is 0 Å². The van der Waals surface area contributed by atoms with Gasteiger partial charge in [0, 0.05) is 23.7 Å². The van der Waals surface area contributed by atoms with E-state index in [-0.39, 0.29) is 22.5 Å². The maximum Gasteiger partial charge on any atom is 0.272 e. The van der Waals surface area contributed by atoms with Gasteiger partial charge < -0.3 is 5.32 Å². The minimum atomic E-state index is -1.51. The third-order valence-electron chi connectivity index (χ3n) is 6.53. The van der Waals surface area contributed by atoms with Gasteiger partial charge in [-0.1, -0.05) is 42.5 Å². The van der Waals surface area contributed by atoms with E-state index in [9.17, 15) is 9.00 Å². The van der Waals surface area contributed by atoms with Crippen molar-refractivity contribution in [2.75, 3.05) is 0 Å². The second kappa shape index (κ2) is 10.7. The van der Waals surface area contributed by atoms with Crippen LogP contribution in [0.1, 0.15) is 82.6 Å². The van der Waals surface area contributed by atoms with Gasteiger partial charge in [0.15, 0.2) is 5.69 Å². The highest BCUT2D eigenvalue weighted by Gasteiger charge is 2.26. The van der Waals surface area contributed by atoms with Crippen LogP contribution in [0.15, 0.2) is 23.1 Å². The van der Waals surface area contributed by atoms with Gasteiger partial charge in [0.2, 0.25) is 0 Å². The van der Waals surface area contributed by atoms with Crippen LogP contribution < -0.4 is 10.0 Å². The smallest absolute Gasteiger partial charge is 0.272 e. The van der Waals surface area contributed by atoms with E-state index < -0.39 is 11.0 Å². The van der Waals surface area contributed by atoms with E-state index in [4.69, 9.17) is 28.3 Å². The quantitative estimate of drug-likeness (QED) is 0.457. The third kappa shape index (κ3) is 6.04. The van der Waals surface area contributed by atoms with Crippen molar-refractivity contribution in [3.8, 4) is 11.3 Å². The zero-order valence-electron chi connectivity index (χ0n) is 20.1. The van der Waals surface area contributed by atoms with Gasteiger partial charge in [0.05, 0.1) is 20.6 Å². The molecule has 1 aromatic heterocycles. The van der Waals surface area contributed by atoms with E-state index in [0.29, 0.717) is 27.1 Å². The van der Waals surface area contributed by atoms with Crippen molar-refractivity contribution in [2.45, 2.75) is 95.2 Å². The van der Waals surface area contributed by atoms with Crippen LogP contribution in [0.5, 0.6) is 0 Å². The second-order valence-corrected chi connectivity index (χ2v) is 12.5. The number of nitrogens with zero attached hydrogens (tertiary/aromatic N) is 2. The molecule has 6 nitrogen and oxygen atoms in total. The molecule has 2 aliphatic carbocycles. The second-order valence-electron chi connectivity index (χ2n) is 10.6. The molecule has 2 saturated carbocycles. The number of nitrogens with one attached hydrogen (secondary N) is 2. The van der Waals surface area contributed by atoms with E-state index >= 15 is 0 Å². The molecule has 34 heavy (non-hydrogen) atoms. The highest BCUT2D eigenvalue weighted by Crippen LogP contribution is 2.38. The van der Waals surface area contributed by atoms with E-state index in [0.717, 1.165) is 44.3 Å². The lowest BCUT2D eigenvalue weighted by Crippen LogP contribution is -2.39. The molecule has 186 valence electrons. The zero-order chi connectivity index (χ0) is 24.5. The Hall–Kier alpha value is -1.41. The fourth-order valence-electron chi connectivity index (χ4n) is 4.52. The van der Waals surface area contributed by atoms with Crippen LogP contribution in [0.3, 0.4) is 0 Å². The normalized spacial score (nSPS) is 18.5. The molecule has 1 aromatic carbocycles. The summed E-state index contributed by atoms with van der Waals surface area (Å²) >= 11 is 13.3. The molecule has 0 spiro atoms. The van der Waals surface area contributed by atoms with Gasteiger partial charge in [0.25, 0.3) is 5.91 Å². The lowest BCUT2D eigenvalue weighted by Gasteiger charge is -2.25. The summed E-state index contributed by atoms with van der Waals surface area (Å²) < 4.78 is 17.8. The van der Waals surface area contributed by atoms with Crippen molar-refractivity contribution in [1.82, 2.24) is 19.8 Å². The van der Waals surface area contributed by atoms with Crippen LogP contribution in [0.25, 0.3) is 11.3 Å². The van der Waals surface area contributed by atoms with Crippen molar-refractivity contribution in [2.24, 2.45) is 5.92 Å². The van der Waals surface area contributed by atoms with Gasteiger partial charge in [-0.2, -0.15) is 5.10 Å². The lowest BCUT2D eigenvalue weighted by molar-refractivity contribution is 0.0910. The Morgan fingerprint density at radius 3 is 2.41 bits per heavy atom. The fourth-order valence-corrected chi connectivity index (χ4v) is 6.33. The van der Waals surface area contributed by atoms with Crippen LogP contribution in [0.4, 0.5) is 0 Å². The summed E-state index contributed by atoms with van der Waals surface area (Å²) in [5, 5.41) is 8.35. The Morgan fingerprint density at radius 2 is 1.79 bits per heavy atom. The van der Waals surface area contributed by atoms with Crippen LogP contribution in [0, 0.1) is 5.92 Å². The molecule has 0 aliphatic heterocycles. The van der Waals surface area contributed by atoms with E-state index in [2.05, 4.69) is 10.0 Å². The Kier molecular flexibility index (Phi) is 8.07. The topological polar surface area (TPSA) is 76.0 Å². The maximum atomic E-state index is 12.9. The molecule has 9 heteroatoms. The number of carbonyl (C=O) groups excluding carboxylic acids is 1. The fraction of sp³-hybridized carbons (Fsp3) is 0.600. The molecule has 0 bridgehead atoms. The highest BCUT2D eigenvalue weighted by atomic mass is 35.5. The van der Waals surface area contributed by atoms with Gasteiger partial charge in [-0.25, -0.2) is 8.93 Å². The molecule has 2 N–H and O–H groups in total. The van der Waals surface area contributed by atoms with E-state index in [1.54, 1.807) is 12.1 Å². The first-order valence-corrected chi connectivity index (χ1v) is 14.1. The summed E-state index contributed by atoms with van der Waals surface area (Å²) in [5.41, 5.74) is 1.50. The zero-order valence-corrected chi connectivity index (χ0v) is 22.5. The van der Waals surface area contributed by atoms with Crippen LogP contribution >= 0.6 is 23.2 Å². The summed E-state index contributed by atoms with van der Waals surface area (Å²) in [5.74, 6) is 0.370. The first-order chi connectivity index (χ1) is 16.1. The number of benzene rings is 1. The van der Waals surface area contributed by atoms with E-state index in [1.807, 2.05) is 31.5 Å². The molecule has 0 radical (unpaired) electrons. The number of hydrogen-bond donors (Lipinski definition) is 2. The first-order valence-electron chi connectivity index (χ1n) is 12.2. The molecule has 4 rings (SSSR count). The SMILES string of the molecule is CC(C)(C)NS(=O)c1ccc(-c2cc(C(=O)NC3CCC3)nn2CC2CCCCC2)c(Cl)c1Cl. The Morgan fingerprint density at radius 1 is 1.09 bits per heavy atom. The Labute approximate surface area is 214 Å². The average molecular weight is 526 g/mol. The standard InChI is InChI=1S/C25H34Cl2N4O2S/c1-25(2,3)30-34(33)21-13-12-18(22(26)23(21)27)20-14-19(24(32)28-17-10-7-11-17)29-31(20)15-16-8-5-4-6-9-16/h12-14,16-17,30H,4-11,15H2,1-3H3,(H,28,32). The van der Waals surface area contributed by atoms with Gasteiger partial charge in [-0.15, -0.1) is 0 Å². The highest BCUT2D eigenvalue weighted by molar-refractivity contribution is 7.83. The number of carbonyl (C=O) groups is 1. The maximum absolute atomic E-state index is 12.9. The lowest BCUT2D eigenvalue weighted by atomic mass is 9.89. The Balaban J connectivity index is 1.67. The van der Waals surface area contributed by atoms with Crippen molar-refractivity contribution in [3.63, 3.8) is 0 Å². The number of aromatic nitrogens is 2. The summed E-state index contributed by atoms with van der Waals surface area (Å²) in [6.45, 7) is 6.55. The number of halogens is 2. The third-order valence-corrected chi connectivity index (χ3v) is 9.06. The molecule has 1 unspecified atom stereocenters. The summed E-state index contributed by atoms with van der Waals surface area (Å²) in [4.78, 5) is 13.3. The van der Waals surface area contributed by atoms with Gasteiger partial charge in [0.1, 0.15) is 11.0 Å². The average Bonchev–Trinajstić information content (AvgIpc) is 3.15. The predicted molar refractivity (Wildman–Crippen MR) is 139 cm³/mol. The number of amides is 1. The summed E-state index contributed by atoms with van der Waals surface area (Å²) in [7, 11) is -1.51. The molecule has 1 atom stereocenters. The Bertz CT molecular complexity index is 1070. The molecule has 1 amide bonds. The molecule has 0 saturated heterocycles. The molecular formula is C25H34Cl2N4O2S. The minimum Gasteiger partial charge on any atom is -0.348 e. The van der Waals surface area contributed by atoms with Gasteiger partial charge in [-0.05, 0) is 77.0 Å². The molecular weight excluding hydrogens is 491 g/mol. The van der Waals surface area contributed by atoms with Crippen LogP contribution in [-0.4, -0.2) is 31.5 Å². The molecule has 1 heterocycles. The summed E-state index contributed by atoms with van der Waals surface area (Å²) in [6.07, 6.45) is 9.24. The first kappa shape index (κ1) is 25.7. The van der Waals surface area contributed by atoms with E-state index in [1.165, 1.54) is 19.3 Å². The van der Waals surface area contributed by atoms with Crippen molar-refractivity contribution >= 4 is 40.1 Å². The predicted octanol–water partition coefficient (Wildman–Crippen LogP) is 6.13. The molecule has 2 fully saturated rings. The minimum absolute atomic E-state index is 0.150. The largest absolute Gasteiger partial charge is 0.348 e.